The molecule has 2 N–H and O–H groups in total. The van der Waals surface area contributed by atoms with Gasteiger partial charge in [-0.3, -0.25) is 9.48 Å². The summed E-state index contributed by atoms with van der Waals surface area (Å²) in [7, 11) is 0. The highest BCUT2D eigenvalue weighted by molar-refractivity contribution is 6.04. The number of carbonyl (C=O) groups excluding carboxylic acids is 1. The summed E-state index contributed by atoms with van der Waals surface area (Å²) in [6, 6.07) is 7.01. The van der Waals surface area contributed by atoms with Crippen molar-refractivity contribution in [2.75, 3.05) is 5.32 Å². The third kappa shape index (κ3) is 3.65. The molecule has 0 spiro atoms. The van der Waals surface area contributed by atoms with Crippen molar-refractivity contribution in [1.82, 2.24) is 24.4 Å². The fourth-order valence-electron chi connectivity index (χ4n) is 3.72. The number of carbonyl (C=O) groups is 1. The Morgan fingerprint density at radius 1 is 1.23 bits per heavy atom. The van der Waals surface area contributed by atoms with Crippen molar-refractivity contribution in [3.8, 4) is 17.0 Å². The van der Waals surface area contributed by atoms with Gasteiger partial charge in [-0.15, -0.1) is 0 Å². The number of fused-ring (bicyclic) bond motifs is 1. The molecule has 3 heterocycles. The highest BCUT2D eigenvalue weighted by Crippen LogP contribution is 2.31. The summed E-state index contributed by atoms with van der Waals surface area (Å²) in [5.41, 5.74) is 5.85. The van der Waals surface area contributed by atoms with Crippen LogP contribution in [-0.2, 0) is 6.54 Å². The van der Waals surface area contributed by atoms with Crippen molar-refractivity contribution in [3.63, 3.8) is 0 Å². The zero-order chi connectivity index (χ0) is 22.3. The van der Waals surface area contributed by atoms with E-state index in [4.69, 9.17) is 0 Å². The Morgan fingerprint density at radius 3 is 2.68 bits per heavy atom. The monoisotopic (exact) mass is 418 g/mol. The van der Waals surface area contributed by atoms with Gasteiger partial charge in [-0.25, -0.2) is 9.50 Å². The molecule has 1 amide bonds. The quantitative estimate of drug-likeness (QED) is 0.471. The van der Waals surface area contributed by atoms with Crippen LogP contribution in [0.25, 0.3) is 16.9 Å². The van der Waals surface area contributed by atoms with Gasteiger partial charge in [0.1, 0.15) is 5.75 Å². The molecule has 3 aromatic heterocycles. The van der Waals surface area contributed by atoms with Crippen LogP contribution in [0.5, 0.6) is 5.75 Å². The Hall–Kier alpha value is -3.68. The lowest BCUT2D eigenvalue weighted by atomic mass is 9.99. The summed E-state index contributed by atoms with van der Waals surface area (Å²) >= 11 is 0. The average Bonchev–Trinajstić information content (AvgIpc) is 3.33. The maximum atomic E-state index is 13.0. The van der Waals surface area contributed by atoms with Gasteiger partial charge in [-0.1, -0.05) is 13.8 Å². The minimum absolute atomic E-state index is 0.130. The van der Waals surface area contributed by atoms with E-state index in [1.807, 2.05) is 57.6 Å². The van der Waals surface area contributed by atoms with Crippen molar-refractivity contribution in [1.29, 1.82) is 0 Å². The first-order chi connectivity index (χ1) is 14.8. The third-order valence-corrected chi connectivity index (χ3v) is 5.51. The number of nitrogens with one attached hydrogen (secondary N) is 1. The number of anilines is 1. The normalized spacial score (nSPS) is 11.4. The van der Waals surface area contributed by atoms with Crippen LogP contribution in [0.4, 0.5) is 5.69 Å². The van der Waals surface area contributed by atoms with Crippen LogP contribution in [0.15, 0.2) is 36.7 Å². The molecule has 1 aromatic carbocycles. The van der Waals surface area contributed by atoms with Crippen molar-refractivity contribution in [2.24, 2.45) is 0 Å². The molecule has 0 atom stereocenters. The number of aromatic hydroxyl groups is 1. The van der Waals surface area contributed by atoms with Gasteiger partial charge >= 0.3 is 0 Å². The van der Waals surface area contributed by atoms with Crippen LogP contribution in [0.1, 0.15) is 54.0 Å². The summed E-state index contributed by atoms with van der Waals surface area (Å²) in [6.45, 7) is 10.7. The highest BCUT2D eigenvalue weighted by Gasteiger charge is 2.18. The van der Waals surface area contributed by atoms with Crippen LogP contribution < -0.4 is 5.32 Å². The lowest BCUT2D eigenvalue weighted by Crippen LogP contribution is -2.14. The molecule has 0 saturated carbocycles. The molecular formula is C23H26N6O2. The van der Waals surface area contributed by atoms with E-state index < -0.39 is 0 Å². The van der Waals surface area contributed by atoms with Gasteiger partial charge in [0.25, 0.3) is 5.91 Å². The molecule has 0 aliphatic rings. The van der Waals surface area contributed by atoms with Crippen molar-refractivity contribution in [3.05, 3.63) is 59.2 Å². The number of aromatic nitrogens is 5. The maximum absolute atomic E-state index is 13.0. The zero-order valence-electron chi connectivity index (χ0n) is 18.3. The standard InChI is InChI=1S/C23H26N6O2/c1-6-28-15(5)17(12-25-28)20-7-8-24-22-11-19(27-29(20)22)23(31)26-18-10-16(13(2)3)21(30)9-14(18)4/h7-13,30H,6H2,1-5H3,(H,26,31). The number of rotatable bonds is 5. The van der Waals surface area contributed by atoms with Gasteiger partial charge in [0.05, 0.1) is 11.9 Å². The van der Waals surface area contributed by atoms with Crippen LogP contribution in [0.2, 0.25) is 0 Å². The summed E-state index contributed by atoms with van der Waals surface area (Å²) in [6.07, 6.45) is 3.51. The van der Waals surface area contributed by atoms with E-state index in [0.717, 1.165) is 34.6 Å². The van der Waals surface area contributed by atoms with E-state index >= 15 is 0 Å². The van der Waals surface area contributed by atoms with Crippen molar-refractivity contribution < 1.29 is 9.90 Å². The second-order valence-corrected chi connectivity index (χ2v) is 7.92. The first kappa shape index (κ1) is 20.6. The molecule has 4 aromatic rings. The molecule has 8 heteroatoms. The second kappa shape index (κ2) is 7.86. The number of nitrogens with zero attached hydrogens (tertiary/aromatic N) is 5. The largest absolute Gasteiger partial charge is 0.508 e. The number of hydrogen-bond acceptors (Lipinski definition) is 5. The molecule has 31 heavy (non-hydrogen) atoms. The van der Waals surface area contributed by atoms with E-state index in [9.17, 15) is 9.90 Å². The first-order valence-corrected chi connectivity index (χ1v) is 10.3. The van der Waals surface area contributed by atoms with Crippen LogP contribution in [0, 0.1) is 13.8 Å². The second-order valence-electron chi connectivity index (χ2n) is 7.92. The predicted molar refractivity (Wildman–Crippen MR) is 120 cm³/mol. The summed E-state index contributed by atoms with van der Waals surface area (Å²) in [4.78, 5) is 17.3. The summed E-state index contributed by atoms with van der Waals surface area (Å²) in [5, 5.41) is 22.0. The summed E-state index contributed by atoms with van der Waals surface area (Å²) in [5.74, 6) is 0.0291. The van der Waals surface area contributed by atoms with Crippen LogP contribution in [-0.4, -0.2) is 35.4 Å². The maximum Gasteiger partial charge on any atom is 0.276 e. The predicted octanol–water partition coefficient (Wildman–Crippen LogP) is 4.31. The van der Waals surface area contributed by atoms with E-state index in [1.54, 1.807) is 22.8 Å². The van der Waals surface area contributed by atoms with Crippen molar-refractivity contribution in [2.45, 2.75) is 47.1 Å². The topological polar surface area (TPSA) is 97.3 Å². The smallest absolute Gasteiger partial charge is 0.276 e. The average molecular weight is 419 g/mol. The Labute approximate surface area is 180 Å². The zero-order valence-corrected chi connectivity index (χ0v) is 18.3. The van der Waals surface area contributed by atoms with Gasteiger partial charge in [0.15, 0.2) is 11.3 Å². The Bertz CT molecular complexity index is 1280. The van der Waals surface area contributed by atoms with Gasteiger partial charge in [0, 0.05) is 35.8 Å². The molecule has 0 unspecified atom stereocenters. The molecule has 0 bridgehead atoms. The Morgan fingerprint density at radius 2 is 2.00 bits per heavy atom. The fourth-order valence-corrected chi connectivity index (χ4v) is 3.72. The molecular weight excluding hydrogens is 392 g/mol. The SMILES string of the molecule is CCn1ncc(-c2ccnc3cc(C(=O)Nc4cc(C(C)C)c(O)cc4C)nn23)c1C. The van der Waals surface area contributed by atoms with Gasteiger partial charge in [-0.2, -0.15) is 10.2 Å². The Balaban J connectivity index is 1.71. The minimum atomic E-state index is -0.332. The lowest BCUT2D eigenvalue weighted by Gasteiger charge is -2.14. The number of benzene rings is 1. The molecule has 0 fully saturated rings. The van der Waals surface area contributed by atoms with Gasteiger partial charge < -0.3 is 10.4 Å². The highest BCUT2D eigenvalue weighted by atomic mass is 16.3. The van der Waals surface area contributed by atoms with Crippen LogP contribution >= 0.6 is 0 Å². The molecule has 0 aliphatic heterocycles. The van der Waals surface area contributed by atoms with E-state index in [0.29, 0.717) is 11.3 Å². The van der Waals surface area contributed by atoms with Crippen LogP contribution in [0.3, 0.4) is 0 Å². The third-order valence-electron chi connectivity index (χ3n) is 5.51. The summed E-state index contributed by atoms with van der Waals surface area (Å²) < 4.78 is 3.58. The first-order valence-electron chi connectivity index (χ1n) is 10.3. The van der Waals surface area contributed by atoms with Crippen molar-refractivity contribution >= 4 is 17.2 Å². The number of phenolic OH excluding ortho intramolecular Hbond substituents is 1. The molecule has 8 nitrogen and oxygen atoms in total. The number of amides is 1. The Kier molecular flexibility index (Phi) is 5.22. The number of phenols is 1. The molecule has 0 radical (unpaired) electrons. The molecule has 4 rings (SSSR count). The minimum Gasteiger partial charge on any atom is -0.508 e. The fraction of sp³-hybridized carbons (Fsp3) is 0.304. The van der Waals surface area contributed by atoms with E-state index in [1.165, 1.54) is 0 Å². The molecule has 0 aliphatic carbocycles. The number of hydrogen-bond donors (Lipinski definition) is 2. The van der Waals surface area contributed by atoms with Gasteiger partial charge in [0.2, 0.25) is 0 Å². The lowest BCUT2D eigenvalue weighted by molar-refractivity contribution is 0.102. The molecule has 0 saturated heterocycles. The number of aryl methyl sites for hydroxylation is 2. The van der Waals surface area contributed by atoms with Gasteiger partial charge in [-0.05, 0) is 56.0 Å². The molecule has 160 valence electrons. The van der Waals surface area contributed by atoms with E-state index in [-0.39, 0.29) is 23.3 Å². The van der Waals surface area contributed by atoms with E-state index in [2.05, 4.69) is 20.5 Å².